The molecule has 1 aromatic carbocycles. The zero-order valence-electron chi connectivity index (χ0n) is 9.07. The molecule has 0 aliphatic rings. The van der Waals surface area contributed by atoms with E-state index in [4.69, 9.17) is 11.5 Å². The van der Waals surface area contributed by atoms with Gasteiger partial charge in [-0.25, -0.2) is 0 Å². The molecule has 0 aromatic heterocycles. The molecule has 4 N–H and O–H groups in total. The Hall–Kier alpha value is -0.510. The second-order valence-corrected chi connectivity index (χ2v) is 3.71. The van der Waals surface area contributed by atoms with Crippen LogP contribution in [-0.2, 0) is 0 Å². The number of thiol groups is 1. The number of hydrogen-bond donors (Lipinski definition) is 3. The van der Waals surface area contributed by atoms with Crippen LogP contribution in [0.4, 0.5) is 0 Å². The van der Waals surface area contributed by atoms with Gasteiger partial charge in [0.05, 0.1) is 0 Å². The average molecular weight is 228 g/mol. The lowest BCUT2D eigenvalue weighted by molar-refractivity contribution is 0.420. The molecule has 1 atom stereocenters. The van der Waals surface area contributed by atoms with Crippen molar-refractivity contribution in [1.29, 1.82) is 0 Å². The molecule has 1 aromatic rings. The molecule has 0 heterocycles. The van der Waals surface area contributed by atoms with Gasteiger partial charge in [-0.1, -0.05) is 37.8 Å². The first kappa shape index (κ1) is 16.9. The van der Waals surface area contributed by atoms with Crippen LogP contribution in [0.5, 0.6) is 0 Å². The Bertz CT molecular complexity index is 242. The van der Waals surface area contributed by atoms with Gasteiger partial charge < -0.3 is 11.5 Å². The molecule has 1 rings (SSSR count). The van der Waals surface area contributed by atoms with Crippen LogP contribution in [0.1, 0.15) is 32.9 Å². The summed E-state index contributed by atoms with van der Waals surface area (Å²) in [6.07, 6.45) is 1.69. The van der Waals surface area contributed by atoms with Gasteiger partial charge in [-0.3, -0.25) is 0 Å². The van der Waals surface area contributed by atoms with Crippen LogP contribution < -0.4 is 11.5 Å². The molecule has 0 aliphatic heterocycles. The van der Waals surface area contributed by atoms with Crippen LogP contribution in [0.3, 0.4) is 0 Å². The Morgan fingerprint density at radius 1 is 1.13 bits per heavy atom. The molecular formula is C12H24N2S. The van der Waals surface area contributed by atoms with E-state index in [-0.39, 0.29) is 19.0 Å². The fourth-order valence-electron chi connectivity index (χ4n) is 1.09. The fraction of sp³-hybridized carbons (Fsp3) is 0.500. The van der Waals surface area contributed by atoms with E-state index >= 15 is 0 Å². The molecule has 0 spiro atoms. The maximum absolute atomic E-state index is 5.95. The summed E-state index contributed by atoms with van der Waals surface area (Å²) in [5, 5.41) is 0. The van der Waals surface area contributed by atoms with Crippen LogP contribution in [-0.4, -0.2) is 11.8 Å². The van der Waals surface area contributed by atoms with E-state index in [0.717, 1.165) is 5.56 Å². The highest BCUT2D eigenvalue weighted by atomic mass is 32.1. The molecule has 15 heavy (non-hydrogen) atoms. The quantitative estimate of drug-likeness (QED) is 0.682. The molecule has 0 aliphatic carbocycles. The Morgan fingerprint density at radius 2 is 1.53 bits per heavy atom. The molecule has 0 saturated carbocycles. The van der Waals surface area contributed by atoms with Crippen molar-refractivity contribution in [3.63, 3.8) is 0 Å². The highest BCUT2D eigenvalue weighted by Crippen LogP contribution is 2.19. The summed E-state index contributed by atoms with van der Waals surface area (Å²) in [4.78, 5) is 0. The Morgan fingerprint density at radius 3 is 1.87 bits per heavy atom. The van der Waals surface area contributed by atoms with Crippen LogP contribution in [0.15, 0.2) is 30.3 Å². The van der Waals surface area contributed by atoms with Crippen molar-refractivity contribution < 1.29 is 0 Å². The van der Waals surface area contributed by atoms with E-state index in [1.54, 1.807) is 6.26 Å². The summed E-state index contributed by atoms with van der Waals surface area (Å²) in [5.74, 6) is 0. The number of benzene rings is 1. The molecule has 0 saturated heterocycles. The highest BCUT2D eigenvalue weighted by Gasteiger charge is 2.21. The summed E-state index contributed by atoms with van der Waals surface area (Å²) in [7, 11) is 0. The molecule has 0 radical (unpaired) electrons. The Balaban J connectivity index is 0. The largest absolute Gasteiger partial charge is 0.324 e. The van der Waals surface area contributed by atoms with Gasteiger partial charge in [0.2, 0.25) is 0 Å². The van der Waals surface area contributed by atoms with Gasteiger partial charge >= 0.3 is 0 Å². The van der Waals surface area contributed by atoms with E-state index in [1.165, 1.54) is 0 Å². The SMILES string of the molecule is C.CC(C)(N)C(N)c1ccccc1.CS. The molecule has 0 fully saturated rings. The van der Waals surface area contributed by atoms with E-state index in [0.29, 0.717) is 0 Å². The lowest BCUT2D eigenvalue weighted by Gasteiger charge is -2.27. The first-order valence-corrected chi connectivity index (χ1v) is 5.45. The molecule has 0 bridgehead atoms. The van der Waals surface area contributed by atoms with Gasteiger partial charge in [-0.05, 0) is 25.7 Å². The normalized spacial score (nSPS) is 11.9. The van der Waals surface area contributed by atoms with Crippen molar-refractivity contribution in [2.45, 2.75) is 32.9 Å². The van der Waals surface area contributed by atoms with Crippen LogP contribution in [0, 0.1) is 0 Å². The average Bonchev–Trinajstić information content (AvgIpc) is 2.20. The summed E-state index contributed by atoms with van der Waals surface area (Å²) < 4.78 is 0. The summed E-state index contributed by atoms with van der Waals surface area (Å²) >= 11 is 3.53. The maximum Gasteiger partial charge on any atom is 0.0472 e. The highest BCUT2D eigenvalue weighted by molar-refractivity contribution is 7.79. The van der Waals surface area contributed by atoms with Gasteiger partial charge in [0.25, 0.3) is 0 Å². The zero-order chi connectivity index (χ0) is 11.2. The van der Waals surface area contributed by atoms with Crippen LogP contribution >= 0.6 is 12.6 Å². The number of rotatable bonds is 2. The lowest BCUT2D eigenvalue weighted by atomic mass is 9.91. The Labute approximate surface area is 99.5 Å². The Kier molecular flexibility index (Phi) is 8.72. The van der Waals surface area contributed by atoms with E-state index < -0.39 is 0 Å². The second-order valence-electron chi connectivity index (χ2n) is 3.71. The monoisotopic (exact) mass is 228 g/mol. The maximum atomic E-state index is 5.95. The smallest absolute Gasteiger partial charge is 0.0472 e. The number of nitrogens with two attached hydrogens (primary N) is 2. The van der Waals surface area contributed by atoms with Crippen molar-refractivity contribution >= 4 is 12.6 Å². The lowest BCUT2D eigenvalue weighted by Crippen LogP contribution is -2.43. The first-order chi connectivity index (χ1) is 6.52. The second kappa shape index (κ2) is 7.74. The van der Waals surface area contributed by atoms with E-state index in [2.05, 4.69) is 12.6 Å². The minimum Gasteiger partial charge on any atom is -0.324 e. The van der Waals surface area contributed by atoms with E-state index in [9.17, 15) is 0 Å². The third-order valence-corrected chi connectivity index (χ3v) is 1.96. The third-order valence-electron chi connectivity index (χ3n) is 1.96. The molecule has 1 unspecified atom stereocenters. The molecule has 88 valence electrons. The van der Waals surface area contributed by atoms with Crippen molar-refractivity contribution in [1.82, 2.24) is 0 Å². The minimum absolute atomic E-state index is 0. The van der Waals surface area contributed by atoms with Crippen molar-refractivity contribution in [3.05, 3.63) is 35.9 Å². The molecule has 3 heteroatoms. The van der Waals surface area contributed by atoms with Gasteiger partial charge in [0.15, 0.2) is 0 Å². The standard InChI is InChI=1S/C10H16N2.CH4S.CH4/c1-10(2,12)9(11)8-6-4-3-5-7-8;1-2;/h3-7,9H,11-12H2,1-2H3;2H,1H3;1H4. The first-order valence-electron chi connectivity index (χ1n) is 4.56. The summed E-state index contributed by atoms with van der Waals surface area (Å²) in [6.45, 7) is 3.87. The third kappa shape index (κ3) is 5.82. The predicted octanol–water partition coefficient (Wildman–Crippen LogP) is 2.61. The number of hydrogen-bond acceptors (Lipinski definition) is 3. The fourth-order valence-corrected chi connectivity index (χ4v) is 1.09. The minimum atomic E-state index is -0.360. The zero-order valence-corrected chi connectivity index (χ0v) is 9.96. The van der Waals surface area contributed by atoms with Gasteiger partial charge in [-0.15, -0.1) is 0 Å². The summed E-state index contributed by atoms with van der Waals surface area (Å²) in [5.41, 5.74) is 12.6. The topological polar surface area (TPSA) is 52.0 Å². The molecular weight excluding hydrogens is 204 g/mol. The molecule has 0 amide bonds. The van der Waals surface area contributed by atoms with Crippen molar-refractivity contribution in [3.8, 4) is 0 Å². The van der Waals surface area contributed by atoms with Crippen LogP contribution in [0.25, 0.3) is 0 Å². The van der Waals surface area contributed by atoms with Crippen LogP contribution in [0.2, 0.25) is 0 Å². The van der Waals surface area contributed by atoms with Gasteiger partial charge in [0, 0.05) is 11.6 Å². The van der Waals surface area contributed by atoms with Gasteiger partial charge in [0.1, 0.15) is 0 Å². The van der Waals surface area contributed by atoms with Crippen molar-refractivity contribution in [2.75, 3.05) is 6.26 Å². The summed E-state index contributed by atoms with van der Waals surface area (Å²) in [6, 6.07) is 9.82. The molecule has 2 nitrogen and oxygen atoms in total. The van der Waals surface area contributed by atoms with E-state index in [1.807, 2.05) is 44.2 Å². The van der Waals surface area contributed by atoms with Gasteiger partial charge in [-0.2, -0.15) is 12.6 Å². The van der Waals surface area contributed by atoms with Crippen molar-refractivity contribution in [2.24, 2.45) is 11.5 Å². The predicted molar refractivity (Wildman–Crippen MR) is 73.3 cm³/mol.